The molecule has 0 radical (unpaired) electrons. The van der Waals surface area contributed by atoms with Crippen molar-refractivity contribution in [1.82, 2.24) is 5.32 Å². The predicted octanol–water partition coefficient (Wildman–Crippen LogP) is 2.99. The lowest BCUT2D eigenvalue weighted by Crippen LogP contribution is -2.35. The molecule has 3 fully saturated rings. The summed E-state index contributed by atoms with van der Waals surface area (Å²) in [5.41, 5.74) is 0.597. The molecule has 1 aliphatic heterocycles. The maximum atomic E-state index is 5.76. The van der Waals surface area contributed by atoms with Gasteiger partial charge < -0.3 is 14.8 Å². The fourth-order valence-corrected chi connectivity index (χ4v) is 4.55. The zero-order valence-electron chi connectivity index (χ0n) is 13.0. The summed E-state index contributed by atoms with van der Waals surface area (Å²) in [4.78, 5) is 0. The molecule has 0 amide bonds. The summed E-state index contributed by atoms with van der Waals surface area (Å²) >= 11 is 0. The number of hydrogen-bond acceptors (Lipinski definition) is 3. The van der Waals surface area contributed by atoms with E-state index in [4.69, 9.17) is 9.47 Å². The molecule has 3 rings (SSSR count). The number of methoxy groups -OCH3 is 1. The molecule has 0 aromatic heterocycles. The van der Waals surface area contributed by atoms with Gasteiger partial charge in [-0.15, -0.1) is 0 Å². The van der Waals surface area contributed by atoms with E-state index < -0.39 is 0 Å². The standard InChI is InChI=1S/C17H31NO2/c1-19-9-7-18-13-17(11-14-10-15(14)12-17)6-2-4-16-5-3-8-20-16/h14-16,18H,2-13H2,1H3. The number of rotatable bonds is 9. The van der Waals surface area contributed by atoms with Crippen molar-refractivity contribution in [2.45, 2.75) is 57.5 Å². The summed E-state index contributed by atoms with van der Waals surface area (Å²) in [7, 11) is 1.78. The summed E-state index contributed by atoms with van der Waals surface area (Å²) in [6.45, 7) is 4.03. The first-order chi connectivity index (χ1) is 9.81. The largest absolute Gasteiger partial charge is 0.383 e. The van der Waals surface area contributed by atoms with Crippen molar-refractivity contribution in [3.05, 3.63) is 0 Å². The van der Waals surface area contributed by atoms with Crippen molar-refractivity contribution < 1.29 is 9.47 Å². The predicted molar refractivity (Wildman–Crippen MR) is 80.8 cm³/mol. The van der Waals surface area contributed by atoms with Crippen LogP contribution in [0.4, 0.5) is 0 Å². The van der Waals surface area contributed by atoms with Crippen molar-refractivity contribution in [1.29, 1.82) is 0 Å². The fourth-order valence-electron chi connectivity index (χ4n) is 4.55. The molecule has 0 spiro atoms. The van der Waals surface area contributed by atoms with Crippen molar-refractivity contribution in [2.75, 3.05) is 33.4 Å². The highest BCUT2D eigenvalue weighted by molar-refractivity contribution is 5.04. The smallest absolute Gasteiger partial charge is 0.0587 e. The highest BCUT2D eigenvalue weighted by Gasteiger charge is 2.52. The van der Waals surface area contributed by atoms with Gasteiger partial charge in [-0.05, 0) is 62.2 Å². The van der Waals surface area contributed by atoms with E-state index in [9.17, 15) is 0 Å². The Morgan fingerprint density at radius 2 is 2.15 bits per heavy atom. The van der Waals surface area contributed by atoms with Crippen molar-refractivity contribution >= 4 is 0 Å². The SMILES string of the molecule is COCCNCC1(CCCC2CCCO2)CC2CC2C1. The van der Waals surface area contributed by atoms with E-state index in [1.165, 1.54) is 57.9 Å². The lowest BCUT2D eigenvalue weighted by Gasteiger charge is -2.32. The quantitative estimate of drug-likeness (QED) is 0.659. The topological polar surface area (TPSA) is 30.5 Å². The Kier molecular flexibility index (Phi) is 5.00. The molecule has 3 heteroatoms. The third kappa shape index (κ3) is 3.75. The average Bonchev–Trinajstić information content (AvgIpc) is 2.88. The van der Waals surface area contributed by atoms with Crippen LogP contribution < -0.4 is 5.32 Å². The molecule has 3 nitrogen and oxygen atoms in total. The van der Waals surface area contributed by atoms with Crippen molar-refractivity contribution in [3.8, 4) is 0 Å². The van der Waals surface area contributed by atoms with E-state index in [0.717, 1.165) is 31.6 Å². The molecule has 0 aromatic carbocycles. The van der Waals surface area contributed by atoms with E-state index in [2.05, 4.69) is 5.32 Å². The number of ether oxygens (including phenoxy) is 2. The van der Waals surface area contributed by atoms with Gasteiger partial charge in [-0.25, -0.2) is 0 Å². The molecule has 3 aliphatic rings. The minimum atomic E-state index is 0.574. The third-order valence-electron chi connectivity index (χ3n) is 5.70. The molecular formula is C17H31NO2. The lowest BCUT2D eigenvalue weighted by molar-refractivity contribution is 0.0960. The highest BCUT2D eigenvalue weighted by atomic mass is 16.5. The first-order valence-electron chi connectivity index (χ1n) is 8.63. The van der Waals surface area contributed by atoms with E-state index >= 15 is 0 Å². The van der Waals surface area contributed by atoms with Crippen LogP contribution in [-0.2, 0) is 9.47 Å². The molecule has 3 atom stereocenters. The van der Waals surface area contributed by atoms with Crippen LogP contribution in [0.2, 0.25) is 0 Å². The first kappa shape index (κ1) is 14.8. The van der Waals surface area contributed by atoms with Gasteiger partial charge in [0.25, 0.3) is 0 Å². The molecule has 3 unspecified atom stereocenters. The Balaban J connectivity index is 1.40. The molecule has 2 saturated carbocycles. The maximum Gasteiger partial charge on any atom is 0.0587 e. The van der Waals surface area contributed by atoms with Crippen molar-refractivity contribution in [2.24, 2.45) is 17.3 Å². The van der Waals surface area contributed by atoms with Gasteiger partial charge in [0, 0.05) is 26.8 Å². The highest BCUT2D eigenvalue weighted by Crippen LogP contribution is 2.61. The molecule has 0 bridgehead atoms. The average molecular weight is 281 g/mol. The zero-order chi connectivity index (χ0) is 13.8. The third-order valence-corrected chi connectivity index (χ3v) is 5.70. The molecule has 1 heterocycles. The number of hydrogen-bond donors (Lipinski definition) is 1. The Labute approximate surface area is 123 Å². The van der Waals surface area contributed by atoms with E-state index in [1.807, 2.05) is 0 Å². The monoisotopic (exact) mass is 281 g/mol. The Morgan fingerprint density at radius 3 is 2.85 bits per heavy atom. The van der Waals surface area contributed by atoms with Crippen LogP contribution >= 0.6 is 0 Å². The Hall–Kier alpha value is -0.120. The van der Waals surface area contributed by atoms with Gasteiger partial charge in [0.1, 0.15) is 0 Å². The van der Waals surface area contributed by atoms with Crippen LogP contribution in [0.25, 0.3) is 0 Å². The van der Waals surface area contributed by atoms with Gasteiger partial charge in [-0.2, -0.15) is 0 Å². The van der Waals surface area contributed by atoms with Crippen LogP contribution in [-0.4, -0.2) is 39.5 Å². The van der Waals surface area contributed by atoms with Gasteiger partial charge in [0.15, 0.2) is 0 Å². The fraction of sp³-hybridized carbons (Fsp3) is 1.00. The van der Waals surface area contributed by atoms with E-state index in [-0.39, 0.29) is 0 Å². The zero-order valence-corrected chi connectivity index (χ0v) is 13.0. The van der Waals surface area contributed by atoms with Gasteiger partial charge in [0.2, 0.25) is 0 Å². The molecular weight excluding hydrogens is 250 g/mol. The van der Waals surface area contributed by atoms with Crippen LogP contribution in [0.3, 0.4) is 0 Å². The lowest BCUT2D eigenvalue weighted by atomic mass is 9.78. The summed E-state index contributed by atoms with van der Waals surface area (Å²) in [6, 6.07) is 0. The molecule has 2 aliphatic carbocycles. The second kappa shape index (κ2) is 6.76. The van der Waals surface area contributed by atoms with Crippen LogP contribution in [0, 0.1) is 17.3 Å². The molecule has 1 N–H and O–H groups in total. The molecule has 116 valence electrons. The van der Waals surface area contributed by atoms with E-state index in [1.54, 1.807) is 7.11 Å². The van der Waals surface area contributed by atoms with Gasteiger partial charge in [0.05, 0.1) is 12.7 Å². The van der Waals surface area contributed by atoms with E-state index in [0.29, 0.717) is 11.5 Å². The van der Waals surface area contributed by atoms with Crippen LogP contribution in [0.15, 0.2) is 0 Å². The number of nitrogens with one attached hydrogen (secondary N) is 1. The molecule has 20 heavy (non-hydrogen) atoms. The Morgan fingerprint density at radius 1 is 1.30 bits per heavy atom. The normalized spacial score (nSPS) is 39.1. The van der Waals surface area contributed by atoms with Crippen LogP contribution in [0.1, 0.15) is 51.4 Å². The molecule has 1 saturated heterocycles. The minimum absolute atomic E-state index is 0.574. The summed E-state index contributed by atoms with van der Waals surface area (Å²) < 4.78 is 10.9. The van der Waals surface area contributed by atoms with Gasteiger partial charge >= 0.3 is 0 Å². The minimum Gasteiger partial charge on any atom is -0.383 e. The summed E-state index contributed by atoms with van der Waals surface area (Å²) in [6.07, 6.45) is 11.7. The van der Waals surface area contributed by atoms with Gasteiger partial charge in [-0.3, -0.25) is 0 Å². The van der Waals surface area contributed by atoms with Gasteiger partial charge in [-0.1, -0.05) is 6.42 Å². The van der Waals surface area contributed by atoms with Crippen molar-refractivity contribution in [3.63, 3.8) is 0 Å². The first-order valence-corrected chi connectivity index (χ1v) is 8.63. The second-order valence-corrected chi connectivity index (χ2v) is 7.36. The second-order valence-electron chi connectivity index (χ2n) is 7.36. The Bertz CT molecular complexity index is 291. The van der Waals surface area contributed by atoms with Crippen LogP contribution in [0.5, 0.6) is 0 Å². The summed E-state index contributed by atoms with van der Waals surface area (Å²) in [5.74, 6) is 2.14. The summed E-state index contributed by atoms with van der Waals surface area (Å²) in [5, 5.41) is 3.63. The maximum absolute atomic E-state index is 5.76. The molecule has 0 aromatic rings. The number of fused-ring (bicyclic) bond motifs is 1.